The lowest BCUT2D eigenvalue weighted by Gasteiger charge is -2.08. The Bertz CT molecular complexity index is 617. The molecule has 0 aliphatic heterocycles. The molecule has 0 saturated carbocycles. The molecule has 20 heavy (non-hydrogen) atoms. The van der Waals surface area contributed by atoms with Gasteiger partial charge < -0.3 is 5.32 Å². The topological polar surface area (TPSA) is 29.1 Å². The highest BCUT2D eigenvalue weighted by atomic mass is 16.1. The summed E-state index contributed by atoms with van der Waals surface area (Å²) in [6.07, 6.45) is 0.864. The average molecular weight is 267 g/mol. The fourth-order valence-corrected chi connectivity index (χ4v) is 2.19. The van der Waals surface area contributed by atoms with E-state index in [4.69, 9.17) is 0 Å². The van der Waals surface area contributed by atoms with Gasteiger partial charge in [0.25, 0.3) is 5.91 Å². The van der Waals surface area contributed by atoms with Crippen LogP contribution >= 0.6 is 0 Å². The van der Waals surface area contributed by atoms with Gasteiger partial charge in [0.15, 0.2) is 0 Å². The standard InChI is InChI=1S/C18H21NO/c1-13-8-9-17(12-15(13)3)18(20)19-11-10-16-7-5-4-6-14(16)2/h4-9,12H,10-11H2,1-3H3,(H,19,20). The molecule has 0 aliphatic carbocycles. The first kappa shape index (κ1) is 14.3. The van der Waals surface area contributed by atoms with Crippen molar-refractivity contribution in [3.8, 4) is 0 Å². The van der Waals surface area contributed by atoms with Crippen molar-refractivity contribution in [2.24, 2.45) is 0 Å². The number of carbonyl (C=O) groups excluding carboxylic acids is 1. The van der Waals surface area contributed by atoms with Crippen LogP contribution in [0.2, 0.25) is 0 Å². The van der Waals surface area contributed by atoms with E-state index >= 15 is 0 Å². The van der Waals surface area contributed by atoms with Crippen molar-refractivity contribution < 1.29 is 4.79 Å². The van der Waals surface area contributed by atoms with E-state index in [0.717, 1.165) is 17.5 Å². The molecule has 0 saturated heterocycles. The summed E-state index contributed by atoms with van der Waals surface area (Å²) in [4.78, 5) is 12.1. The van der Waals surface area contributed by atoms with E-state index in [1.165, 1.54) is 16.7 Å². The van der Waals surface area contributed by atoms with Crippen LogP contribution in [-0.2, 0) is 6.42 Å². The fourth-order valence-electron chi connectivity index (χ4n) is 2.19. The van der Waals surface area contributed by atoms with Crippen LogP contribution in [0.4, 0.5) is 0 Å². The van der Waals surface area contributed by atoms with E-state index in [0.29, 0.717) is 6.54 Å². The Morgan fingerprint density at radius 2 is 1.70 bits per heavy atom. The highest BCUT2D eigenvalue weighted by Crippen LogP contribution is 2.10. The first-order valence-electron chi connectivity index (χ1n) is 6.98. The van der Waals surface area contributed by atoms with Gasteiger partial charge in [0.2, 0.25) is 0 Å². The fraction of sp³-hybridized carbons (Fsp3) is 0.278. The maximum absolute atomic E-state index is 12.1. The molecule has 0 aliphatic rings. The van der Waals surface area contributed by atoms with E-state index in [-0.39, 0.29) is 5.91 Å². The first-order chi connectivity index (χ1) is 9.58. The molecule has 104 valence electrons. The third-order valence-corrected chi connectivity index (χ3v) is 3.71. The second-order valence-electron chi connectivity index (χ2n) is 5.23. The minimum Gasteiger partial charge on any atom is -0.352 e. The van der Waals surface area contributed by atoms with Crippen LogP contribution in [0.15, 0.2) is 42.5 Å². The van der Waals surface area contributed by atoms with Crippen LogP contribution in [0.1, 0.15) is 32.6 Å². The van der Waals surface area contributed by atoms with Gasteiger partial charge in [0.05, 0.1) is 0 Å². The van der Waals surface area contributed by atoms with Crippen LogP contribution < -0.4 is 5.32 Å². The number of amides is 1. The number of aryl methyl sites for hydroxylation is 3. The summed E-state index contributed by atoms with van der Waals surface area (Å²) >= 11 is 0. The van der Waals surface area contributed by atoms with Crippen LogP contribution in [0, 0.1) is 20.8 Å². The Kier molecular flexibility index (Phi) is 4.57. The first-order valence-corrected chi connectivity index (χ1v) is 6.98. The maximum atomic E-state index is 12.1. The summed E-state index contributed by atoms with van der Waals surface area (Å²) in [6, 6.07) is 14.1. The van der Waals surface area contributed by atoms with Gasteiger partial charge in [-0.2, -0.15) is 0 Å². The van der Waals surface area contributed by atoms with Crippen molar-refractivity contribution >= 4 is 5.91 Å². The normalized spacial score (nSPS) is 10.3. The highest BCUT2D eigenvalue weighted by molar-refractivity contribution is 5.94. The Morgan fingerprint density at radius 1 is 0.950 bits per heavy atom. The quantitative estimate of drug-likeness (QED) is 0.901. The van der Waals surface area contributed by atoms with Crippen molar-refractivity contribution in [1.82, 2.24) is 5.32 Å². The van der Waals surface area contributed by atoms with E-state index in [1.807, 2.05) is 37.3 Å². The third-order valence-electron chi connectivity index (χ3n) is 3.71. The zero-order valence-electron chi connectivity index (χ0n) is 12.4. The lowest BCUT2D eigenvalue weighted by Crippen LogP contribution is -2.25. The molecular weight excluding hydrogens is 246 g/mol. The van der Waals surface area contributed by atoms with E-state index in [1.54, 1.807) is 0 Å². The number of hydrogen-bond donors (Lipinski definition) is 1. The molecule has 2 rings (SSSR count). The zero-order chi connectivity index (χ0) is 14.5. The number of benzene rings is 2. The molecule has 0 aromatic heterocycles. The van der Waals surface area contributed by atoms with E-state index in [2.05, 4.69) is 31.3 Å². The van der Waals surface area contributed by atoms with Gasteiger partial charge in [-0.25, -0.2) is 0 Å². The van der Waals surface area contributed by atoms with Gasteiger partial charge in [-0.05, 0) is 61.6 Å². The number of rotatable bonds is 4. The Labute approximate surface area is 120 Å². The lowest BCUT2D eigenvalue weighted by atomic mass is 10.0. The number of carbonyl (C=O) groups is 1. The van der Waals surface area contributed by atoms with Gasteiger partial charge in [0, 0.05) is 12.1 Å². The molecule has 0 fully saturated rings. The predicted molar refractivity (Wildman–Crippen MR) is 83.1 cm³/mol. The lowest BCUT2D eigenvalue weighted by molar-refractivity contribution is 0.0954. The van der Waals surface area contributed by atoms with Gasteiger partial charge in [-0.3, -0.25) is 4.79 Å². The molecule has 0 spiro atoms. The predicted octanol–water partition coefficient (Wildman–Crippen LogP) is 3.58. The van der Waals surface area contributed by atoms with E-state index < -0.39 is 0 Å². The molecule has 0 atom stereocenters. The summed E-state index contributed by atoms with van der Waals surface area (Å²) < 4.78 is 0. The molecule has 2 aromatic rings. The van der Waals surface area contributed by atoms with Crippen LogP contribution in [0.3, 0.4) is 0 Å². The van der Waals surface area contributed by atoms with Gasteiger partial charge >= 0.3 is 0 Å². The average Bonchev–Trinajstić information content (AvgIpc) is 2.44. The maximum Gasteiger partial charge on any atom is 0.251 e. The van der Waals surface area contributed by atoms with Crippen molar-refractivity contribution in [2.75, 3.05) is 6.54 Å². The molecule has 1 N–H and O–H groups in total. The molecule has 1 amide bonds. The summed E-state index contributed by atoms with van der Waals surface area (Å²) in [5.74, 6) is 0.00156. The van der Waals surface area contributed by atoms with Crippen LogP contribution in [-0.4, -0.2) is 12.5 Å². The Balaban J connectivity index is 1.92. The minimum absolute atomic E-state index is 0.00156. The summed E-state index contributed by atoms with van der Waals surface area (Å²) in [5, 5.41) is 2.98. The second kappa shape index (κ2) is 6.38. The second-order valence-corrected chi connectivity index (χ2v) is 5.23. The Morgan fingerprint density at radius 3 is 2.40 bits per heavy atom. The Hall–Kier alpha value is -2.09. The van der Waals surface area contributed by atoms with Crippen LogP contribution in [0.25, 0.3) is 0 Å². The van der Waals surface area contributed by atoms with Gasteiger partial charge in [-0.1, -0.05) is 30.3 Å². The highest BCUT2D eigenvalue weighted by Gasteiger charge is 2.06. The molecule has 0 radical (unpaired) electrons. The molecule has 2 nitrogen and oxygen atoms in total. The molecule has 0 bridgehead atoms. The monoisotopic (exact) mass is 267 g/mol. The molecule has 2 heteroatoms. The van der Waals surface area contributed by atoms with Crippen molar-refractivity contribution in [2.45, 2.75) is 27.2 Å². The minimum atomic E-state index is 0.00156. The van der Waals surface area contributed by atoms with Gasteiger partial charge in [-0.15, -0.1) is 0 Å². The van der Waals surface area contributed by atoms with Crippen LogP contribution in [0.5, 0.6) is 0 Å². The van der Waals surface area contributed by atoms with Crippen molar-refractivity contribution in [3.63, 3.8) is 0 Å². The molecule has 0 heterocycles. The number of hydrogen-bond acceptors (Lipinski definition) is 1. The zero-order valence-corrected chi connectivity index (χ0v) is 12.4. The van der Waals surface area contributed by atoms with Crippen molar-refractivity contribution in [3.05, 3.63) is 70.3 Å². The van der Waals surface area contributed by atoms with Crippen molar-refractivity contribution in [1.29, 1.82) is 0 Å². The van der Waals surface area contributed by atoms with E-state index in [9.17, 15) is 4.79 Å². The van der Waals surface area contributed by atoms with Gasteiger partial charge in [0.1, 0.15) is 0 Å². The third kappa shape index (κ3) is 3.47. The smallest absolute Gasteiger partial charge is 0.251 e. The molecule has 0 unspecified atom stereocenters. The molecular formula is C18H21NO. The summed E-state index contributed by atoms with van der Waals surface area (Å²) in [7, 11) is 0. The molecule has 2 aromatic carbocycles. The largest absolute Gasteiger partial charge is 0.352 e. The SMILES string of the molecule is Cc1ccc(C(=O)NCCc2ccccc2C)cc1C. The summed E-state index contributed by atoms with van der Waals surface area (Å²) in [6.45, 7) is 6.84. The number of nitrogens with one attached hydrogen (secondary N) is 1. The summed E-state index contributed by atoms with van der Waals surface area (Å²) in [5.41, 5.74) is 5.65.